The molecule has 0 unspecified atom stereocenters. The van der Waals surface area contributed by atoms with Crippen LogP contribution >= 0.6 is 23.1 Å². The van der Waals surface area contributed by atoms with Gasteiger partial charge >= 0.3 is 0 Å². The van der Waals surface area contributed by atoms with Gasteiger partial charge in [0.2, 0.25) is 0 Å². The second-order valence-corrected chi connectivity index (χ2v) is 14.2. The van der Waals surface area contributed by atoms with Crippen LogP contribution in [0.1, 0.15) is 67.3 Å². The third-order valence-corrected chi connectivity index (χ3v) is 10.7. The van der Waals surface area contributed by atoms with E-state index in [1.807, 2.05) is 73.7 Å². The molecule has 4 atom stereocenters. The highest BCUT2D eigenvalue weighted by Gasteiger charge is 2.39. The zero-order chi connectivity index (χ0) is 32.5. The van der Waals surface area contributed by atoms with Gasteiger partial charge in [-0.2, -0.15) is 0 Å². The Bertz CT molecular complexity index is 1890. The Kier molecular flexibility index (Phi) is 9.02. The molecule has 0 aliphatic carbocycles. The number of ether oxygens (including phenoxy) is 2. The number of fused-ring (bicyclic) bond motifs is 1. The van der Waals surface area contributed by atoms with Crippen molar-refractivity contribution in [2.24, 2.45) is 5.92 Å². The van der Waals surface area contributed by atoms with Crippen molar-refractivity contribution in [3.8, 4) is 11.1 Å². The predicted octanol–water partition coefficient (Wildman–Crippen LogP) is 7.39. The number of hydrogen-bond acceptors (Lipinski definition) is 9. The zero-order valence-electron chi connectivity index (χ0n) is 25.9. The summed E-state index contributed by atoms with van der Waals surface area (Å²) in [4.78, 5) is 27.3. The first-order valence-electron chi connectivity index (χ1n) is 15.5. The highest BCUT2D eigenvalue weighted by molar-refractivity contribution is 8.01. The number of aryl methyl sites for hydroxylation is 1. The molecule has 0 radical (unpaired) electrons. The van der Waals surface area contributed by atoms with Crippen molar-refractivity contribution >= 4 is 34.9 Å². The number of hydrogen-bond donors (Lipinski definition) is 1. The Morgan fingerprint density at radius 1 is 0.809 bits per heavy atom. The van der Waals surface area contributed by atoms with Crippen molar-refractivity contribution in [3.05, 3.63) is 135 Å². The number of aliphatic hydroxyl groups is 1. The van der Waals surface area contributed by atoms with Gasteiger partial charge in [-0.25, -0.2) is 0 Å². The average Bonchev–Trinajstić information content (AvgIpc) is 3.64. The summed E-state index contributed by atoms with van der Waals surface area (Å²) in [5.74, 6) is 0.205. The van der Waals surface area contributed by atoms with E-state index in [4.69, 9.17) is 9.47 Å². The van der Waals surface area contributed by atoms with Crippen LogP contribution in [0.4, 0.5) is 0 Å². The topological polar surface area (TPSA) is 102 Å². The fraction of sp³-hybridized carbons (Fsp3) is 0.243. The molecule has 1 aromatic heterocycles. The molecule has 7 rings (SSSR count). The first-order valence-corrected chi connectivity index (χ1v) is 17.3. The summed E-state index contributed by atoms with van der Waals surface area (Å²) in [5, 5.41) is 18.9. The molecule has 3 heterocycles. The largest absolute Gasteiger partial charge is 0.392 e. The second-order valence-electron chi connectivity index (χ2n) is 11.8. The molecular formula is C37H33N3O5S2. The summed E-state index contributed by atoms with van der Waals surface area (Å²) in [5.41, 5.74) is 6.44. The van der Waals surface area contributed by atoms with Crippen LogP contribution in [0.2, 0.25) is 0 Å². The van der Waals surface area contributed by atoms with Crippen molar-refractivity contribution in [2.45, 2.75) is 49.8 Å². The molecule has 238 valence electrons. The van der Waals surface area contributed by atoms with E-state index in [1.54, 1.807) is 47.4 Å². The minimum atomic E-state index is -0.614. The number of carbonyl (C=O) groups is 2. The summed E-state index contributed by atoms with van der Waals surface area (Å²) < 4.78 is 14.3. The zero-order valence-corrected chi connectivity index (χ0v) is 27.5. The summed E-state index contributed by atoms with van der Waals surface area (Å²) >= 11 is 3.22. The molecular weight excluding hydrogens is 631 g/mol. The Labute approximate surface area is 281 Å². The van der Waals surface area contributed by atoms with Gasteiger partial charge in [-0.05, 0) is 59.0 Å². The molecule has 0 saturated carbocycles. The standard InChI is InChI=1S/C37H33N3O5S2/c1-22-32(21-46-37-39-38-23(2)47-37)44-36(45-33(22)26-15-13-24(20-41)14-16-26)29-10-6-9-28(18-29)27-8-5-7-25(17-27)19-40-34(42)30-11-3-4-12-31(30)35(40)43/h3-18,22,32-33,36,41H,19-21H2,1-2H3/t22-,32+,33+,36+/m0/s1. The molecule has 2 aliphatic heterocycles. The maximum Gasteiger partial charge on any atom is 0.261 e. The maximum atomic E-state index is 13.0. The summed E-state index contributed by atoms with van der Waals surface area (Å²) in [7, 11) is 0. The lowest BCUT2D eigenvalue weighted by Crippen LogP contribution is -2.38. The van der Waals surface area contributed by atoms with E-state index in [-0.39, 0.29) is 43.1 Å². The van der Waals surface area contributed by atoms with Crippen LogP contribution in [0.15, 0.2) is 101 Å². The number of rotatable bonds is 9. The molecule has 0 spiro atoms. The first kappa shape index (κ1) is 31.4. The van der Waals surface area contributed by atoms with Crippen LogP contribution in [0.25, 0.3) is 11.1 Å². The van der Waals surface area contributed by atoms with Gasteiger partial charge in [-0.15, -0.1) is 10.2 Å². The highest BCUT2D eigenvalue weighted by Crippen LogP contribution is 2.43. The van der Waals surface area contributed by atoms with E-state index in [0.717, 1.165) is 42.7 Å². The third kappa shape index (κ3) is 6.52. The van der Waals surface area contributed by atoms with Crippen molar-refractivity contribution in [1.29, 1.82) is 0 Å². The van der Waals surface area contributed by atoms with Gasteiger partial charge in [-0.3, -0.25) is 14.5 Å². The normalized spacial score (nSPS) is 20.9. The van der Waals surface area contributed by atoms with E-state index in [1.165, 1.54) is 4.90 Å². The molecule has 8 nitrogen and oxygen atoms in total. The van der Waals surface area contributed by atoms with Gasteiger partial charge in [0.15, 0.2) is 10.6 Å². The number of aliphatic hydroxyl groups excluding tert-OH is 1. The number of benzene rings is 4. The van der Waals surface area contributed by atoms with Crippen molar-refractivity contribution < 1.29 is 24.2 Å². The highest BCUT2D eigenvalue weighted by atomic mass is 32.2. The van der Waals surface area contributed by atoms with E-state index < -0.39 is 6.29 Å². The summed E-state index contributed by atoms with van der Waals surface area (Å²) in [6.45, 7) is 4.27. The molecule has 1 fully saturated rings. The lowest BCUT2D eigenvalue weighted by Gasteiger charge is -2.41. The minimum Gasteiger partial charge on any atom is -0.392 e. The fourth-order valence-corrected chi connectivity index (χ4v) is 8.08. The minimum absolute atomic E-state index is 0.0140. The molecule has 0 bridgehead atoms. The van der Waals surface area contributed by atoms with Gasteiger partial charge < -0.3 is 14.6 Å². The second kappa shape index (κ2) is 13.5. The van der Waals surface area contributed by atoms with Crippen molar-refractivity contribution in [3.63, 3.8) is 0 Å². The van der Waals surface area contributed by atoms with E-state index >= 15 is 0 Å². The molecule has 5 aromatic rings. The van der Waals surface area contributed by atoms with Crippen LogP contribution in [0, 0.1) is 12.8 Å². The van der Waals surface area contributed by atoms with Gasteiger partial charge in [0, 0.05) is 17.2 Å². The van der Waals surface area contributed by atoms with Gasteiger partial charge in [0.05, 0.1) is 36.5 Å². The molecule has 4 aromatic carbocycles. The first-order chi connectivity index (χ1) is 22.9. The number of nitrogens with zero attached hydrogens (tertiary/aromatic N) is 3. The monoisotopic (exact) mass is 663 g/mol. The lowest BCUT2D eigenvalue weighted by molar-refractivity contribution is -0.268. The molecule has 2 amide bonds. The van der Waals surface area contributed by atoms with Crippen LogP contribution in [0.5, 0.6) is 0 Å². The lowest BCUT2D eigenvalue weighted by atomic mass is 9.91. The average molecular weight is 664 g/mol. The fourth-order valence-electron chi connectivity index (χ4n) is 6.08. The van der Waals surface area contributed by atoms with Crippen molar-refractivity contribution in [1.82, 2.24) is 15.1 Å². The van der Waals surface area contributed by atoms with Crippen LogP contribution in [-0.4, -0.2) is 43.9 Å². The Morgan fingerprint density at radius 3 is 2.19 bits per heavy atom. The quantitative estimate of drug-likeness (QED) is 0.129. The van der Waals surface area contributed by atoms with E-state index in [2.05, 4.69) is 23.2 Å². The van der Waals surface area contributed by atoms with Gasteiger partial charge in [0.1, 0.15) is 5.01 Å². The van der Waals surface area contributed by atoms with Gasteiger partial charge in [0.25, 0.3) is 11.8 Å². The molecule has 47 heavy (non-hydrogen) atoms. The molecule has 10 heteroatoms. The predicted molar refractivity (Wildman–Crippen MR) is 181 cm³/mol. The van der Waals surface area contributed by atoms with E-state index in [0.29, 0.717) is 16.9 Å². The Morgan fingerprint density at radius 2 is 1.51 bits per heavy atom. The summed E-state index contributed by atoms with van der Waals surface area (Å²) in [6.07, 6.45) is -0.969. The number of imide groups is 1. The van der Waals surface area contributed by atoms with Crippen LogP contribution in [-0.2, 0) is 22.6 Å². The maximum absolute atomic E-state index is 13.0. The number of thioether (sulfide) groups is 1. The SMILES string of the molecule is Cc1nnc(SC[C@H]2O[C@@H](c3cccc(-c4cccc(CN5C(=O)c6ccccc6C5=O)c4)c3)O[C@@H](c3ccc(CO)cc3)[C@H]2C)s1. The smallest absolute Gasteiger partial charge is 0.261 e. The number of carbonyl (C=O) groups excluding carboxylic acids is 2. The summed E-state index contributed by atoms with van der Waals surface area (Å²) in [6, 6.07) is 30.9. The third-order valence-electron chi connectivity index (χ3n) is 8.64. The molecule has 1 N–H and O–H groups in total. The van der Waals surface area contributed by atoms with Crippen LogP contribution in [0.3, 0.4) is 0 Å². The van der Waals surface area contributed by atoms with Crippen molar-refractivity contribution in [2.75, 3.05) is 5.75 Å². The number of amides is 2. The Hall–Kier alpha value is -4.19. The van der Waals surface area contributed by atoms with Gasteiger partial charge in [-0.1, -0.05) is 103 Å². The molecule has 1 saturated heterocycles. The number of aromatic nitrogens is 2. The van der Waals surface area contributed by atoms with E-state index in [9.17, 15) is 14.7 Å². The Balaban J connectivity index is 1.14. The molecule has 2 aliphatic rings. The van der Waals surface area contributed by atoms with Crippen LogP contribution < -0.4 is 0 Å².